The molecule has 2 N–H and O–H groups in total. The Morgan fingerprint density at radius 1 is 1.18 bits per heavy atom. The zero-order chi connectivity index (χ0) is 20.1. The van der Waals surface area contributed by atoms with Gasteiger partial charge in [-0.15, -0.1) is 0 Å². The molecular weight excluding hydrogens is 369 g/mol. The van der Waals surface area contributed by atoms with Crippen LogP contribution in [0, 0.1) is 17.8 Å². The summed E-state index contributed by atoms with van der Waals surface area (Å²) in [6.07, 6.45) is -3.92. The van der Waals surface area contributed by atoms with E-state index in [0.717, 1.165) is 24.9 Å². The van der Waals surface area contributed by atoms with E-state index in [2.05, 4.69) is 28.7 Å². The Bertz CT molecular complexity index is 842. The lowest BCUT2D eigenvalue weighted by molar-refractivity contribution is -0.141. The molecule has 0 bridgehead atoms. The Labute approximate surface area is 161 Å². The first-order valence-electron chi connectivity index (χ1n) is 9.41. The minimum absolute atomic E-state index is 0.0203. The van der Waals surface area contributed by atoms with Gasteiger partial charge in [0.25, 0.3) is 0 Å². The van der Waals surface area contributed by atoms with Crippen LogP contribution in [0.1, 0.15) is 19.5 Å². The lowest BCUT2D eigenvalue weighted by Crippen LogP contribution is -2.31. The third-order valence-electron chi connectivity index (χ3n) is 5.79. The van der Waals surface area contributed by atoms with Crippen LogP contribution >= 0.6 is 0 Å². The molecule has 2 unspecified atom stereocenters. The molecule has 1 aromatic heterocycles. The highest BCUT2D eigenvalue weighted by atomic mass is 19.4. The number of nitrogens with zero attached hydrogens (tertiary/aromatic N) is 3. The van der Waals surface area contributed by atoms with E-state index in [9.17, 15) is 13.2 Å². The van der Waals surface area contributed by atoms with E-state index in [0.29, 0.717) is 36.1 Å². The van der Waals surface area contributed by atoms with E-state index in [1.54, 1.807) is 24.3 Å². The number of aromatic nitrogens is 2. The fourth-order valence-corrected chi connectivity index (χ4v) is 4.00. The minimum atomic E-state index is -4.56. The number of nitrogen functional groups attached to an aromatic ring is 1. The average molecular weight is 392 g/mol. The molecule has 8 heteroatoms. The number of hydrogen-bond acceptors (Lipinski definition) is 5. The van der Waals surface area contributed by atoms with Crippen molar-refractivity contribution in [3.05, 3.63) is 36.2 Å². The molecule has 2 aliphatic rings. The highest BCUT2D eigenvalue weighted by molar-refractivity contribution is 5.70. The van der Waals surface area contributed by atoms with Crippen molar-refractivity contribution in [1.82, 2.24) is 14.9 Å². The van der Waals surface area contributed by atoms with Gasteiger partial charge in [0.05, 0.1) is 12.8 Å². The Hall–Kier alpha value is -2.35. The quantitative estimate of drug-likeness (QED) is 0.840. The third-order valence-corrected chi connectivity index (χ3v) is 5.79. The van der Waals surface area contributed by atoms with E-state index >= 15 is 0 Å². The molecule has 2 heterocycles. The molecule has 28 heavy (non-hydrogen) atoms. The van der Waals surface area contributed by atoms with Gasteiger partial charge in [0, 0.05) is 30.6 Å². The van der Waals surface area contributed by atoms with Crippen LogP contribution in [0.15, 0.2) is 30.5 Å². The molecule has 1 saturated carbocycles. The molecular formula is C20H23F3N4O. The molecule has 5 nitrogen and oxygen atoms in total. The highest BCUT2D eigenvalue weighted by Gasteiger charge is 2.56. The molecule has 2 fully saturated rings. The zero-order valence-electron chi connectivity index (χ0n) is 15.8. The van der Waals surface area contributed by atoms with Gasteiger partial charge in [-0.1, -0.05) is 0 Å². The lowest BCUT2D eigenvalue weighted by atomic mass is 10.1. The van der Waals surface area contributed by atoms with Crippen molar-refractivity contribution >= 4 is 5.82 Å². The summed E-state index contributed by atoms with van der Waals surface area (Å²) in [6, 6.07) is 7.37. The van der Waals surface area contributed by atoms with Crippen LogP contribution in [0.4, 0.5) is 19.0 Å². The van der Waals surface area contributed by atoms with Gasteiger partial charge >= 0.3 is 6.18 Å². The van der Waals surface area contributed by atoms with Gasteiger partial charge in [0.2, 0.25) is 0 Å². The van der Waals surface area contributed by atoms with Crippen LogP contribution in [0.2, 0.25) is 0 Å². The SMILES string of the molecule is CC(C)N1CC2C(COc3ccc(-c4nc(C(F)(F)F)cnc4N)cc3)C2C1. The first kappa shape index (κ1) is 19.0. The Kier molecular flexibility index (Phi) is 4.69. The maximum atomic E-state index is 12.9. The van der Waals surface area contributed by atoms with Gasteiger partial charge in [-0.2, -0.15) is 13.2 Å². The van der Waals surface area contributed by atoms with Crippen molar-refractivity contribution in [3.63, 3.8) is 0 Å². The van der Waals surface area contributed by atoms with E-state index in [-0.39, 0.29) is 11.5 Å². The largest absolute Gasteiger partial charge is 0.493 e. The smallest absolute Gasteiger partial charge is 0.434 e. The summed E-state index contributed by atoms with van der Waals surface area (Å²) in [5.41, 5.74) is 5.15. The van der Waals surface area contributed by atoms with E-state index in [1.165, 1.54) is 0 Å². The van der Waals surface area contributed by atoms with Crippen LogP contribution in [0.3, 0.4) is 0 Å². The highest BCUT2D eigenvalue weighted by Crippen LogP contribution is 2.52. The molecule has 1 aliphatic heterocycles. The predicted octanol–water partition coefficient (Wildman–Crippen LogP) is 3.71. The maximum Gasteiger partial charge on any atom is 0.434 e. The van der Waals surface area contributed by atoms with E-state index < -0.39 is 11.9 Å². The number of benzene rings is 1. The first-order chi connectivity index (χ1) is 13.2. The number of likely N-dealkylation sites (tertiary alicyclic amines) is 1. The normalized spacial score (nSPS) is 24.4. The second-order valence-corrected chi connectivity index (χ2v) is 7.86. The summed E-state index contributed by atoms with van der Waals surface area (Å²) in [5.74, 6) is 2.69. The molecule has 0 radical (unpaired) electrons. The summed E-state index contributed by atoms with van der Waals surface area (Å²) >= 11 is 0. The fourth-order valence-electron chi connectivity index (χ4n) is 4.00. The first-order valence-corrected chi connectivity index (χ1v) is 9.41. The second kappa shape index (κ2) is 6.92. The van der Waals surface area contributed by atoms with Gasteiger partial charge in [-0.3, -0.25) is 0 Å². The van der Waals surface area contributed by atoms with Crippen molar-refractivity contribution in [3.8, 4) is 17.0 Å². The summed E-state index contributed by atoms with van der Waals surface area (Å²) < 4.78 is 44.5. The van der Waals surface area contributed by atoms with Crippen molar-refractivity contribution in [2.24, 2.45) is 17.8 Å². The lowest BCUT2D eigenvalue weighted by Gasteiger charge is -2.23. The number of ether oxygens (including phenoxy) is 1. The maximum absolute atomic E-state index is 12.9. The van der Waals surface area contributed by atoms with Gasteiger partial charge in [0.1, 0.15) is 17.3 Å². The number of alkyl halides is 3. The molecule has 2 aromatic rings. The van der Waals surface area contributed by atoms with Crippen molar-refractivity contribution in [1.29, 1.82) is 0 Å². The molecule has 0 spiro atoms. The molecule has 0 amide bonds. The Morgan fingerprint density at radius 3 is 2.39 bits per heavy atom. The van der Waals surface area contributed by atoms with E-state index in [1.807, 2.05) is 0 Å². The molecule has 1 aliphatic carbocycles. The van der Waals surface area contributed by atoms with Crippen LogP contribution in [-0.4, -0.2) is 40.6 Å². The summed E-state index contributed by atoms with van der Waals surface area (Å²) in [4.78, 5) is 9.75. The topological polar surface area (TPSA) is 64.3 Å². The zero-order valence-corrected chi connectivity index (χ0v) is 15.8. The third kappa shape index (κ3) is 3.65. The van der Waals surface area contributed by atoms with Crippen LogP contribution in [0.5, 0.6) is 5.75 Å². The number of nitrogens with two attached hydrogens (primary N) is 1. The molecule has 2 atom stereocenters. The van der Waals surface area contributed by atoms with Crippen LogP contribution in [0.25, 0.3) is 11.3 Å². The van der Waals surface area contributed by atoms with Crippen LogP contribution < -0.4 is 10.5 Å². The van der Waals surface area contributed by atoms with Gasteiger partial charge in [-0.05, 0) is 49.9 Å². The molecule has 4 rings (SSSR count). The number of anilines is 1. The van der Waals surface area contributed by atoms with Gasteiger partial charge < -0.3 is 15.4 Å². The number of rotatable bonds is 5. The number of piperidine rings is 1. The number of fused-ring (bicyclic) bond motifs is 1. The molecule has 1 aromatic carbocycles. The number of hydrogen-bond donors (Lipinski definition) is 1. The Morgan fingerprint density at radius 2 is 1.82 bits per heavy atom. The minimum Gasteiger partial charge on any atom is -0.493 e. The van der Waals surface area contributed by atoms with Crippen molar-refractivity contribution < 1.29 is 17.9 Å². The van der Waals surface area contributed by atoms with Crippen molar-refractivity contribution in [2.75, 3.05) is 25.4 Å². The van der Waals surface area contributed by atoms with E-state index in [4.69, 9.17) is 10.5 Å². The molecule has 150 valence electrons. The summed E-state index contributed by atoms with van der Waals surface area (Å²) in [5, 5.41) is 0. The average Bonchev–Trinajstić information content (AvgIpc) is 3.08. The standard InChI is InChI=1S/C20H23F3N4O/c1-11(2)27-8-14-15(9-27)16(14)10-28-13-5-3-12(4-6-13)18-19(24)25-7-17(26-18)20(21,22)23/h3-7,11,14-16H,8-10H2,1-2H3,(H2,24,25). The Balaban J connectivity index is 1.38. The number of halogens is 3. The predicted molar refractivity (Wildman–Crippen MR) is 99.6 cm³/mol. The summed E-state index contributed by atoms with van der Waals surface area (Å²) in [6.45, 7) is 7.40. The molecule has 1 saturated heterocycles. The van der Waals surface area contributed by atoms with Crippen molar-refractivity contribution in [2.45, 2.75) is 26.1 Å². The van der Waals surface area contributed by atoms with Crippen LogP contribution in [-0.2, 0) is 6.18 Å². The van der Waals surface area contributed by atoms with Gasteiger partial charge in [0.15, 0.2) is 5.69 Å². The second-order valence-electron chi connectivity index (χ2n) is 7.86. The summed E-state index contributed by atoms with van der Waals surface area (Å²) in [7, 11) is 0. The fraction of sp³-hybridized carbons (Fsp3) is 0.500. The van der Waals surface area contributed by atoms with Gasteiger partial charge in [-0.25, -0.2) is 9.97 Å². The monoisotopic (exact) mass is 392 g/mol.